The monoisotopic (exact) mass is 209 g/mol. The molecule has 0 saturated heterocycles. The smallest absolute Gasteiger partial charge is 0.129 e. The van der Waals surface area contributed by atoms with Crippen LogP contribution in [0.2, 0.25) is 0 Å². The number of hydrogen-bond donors (Lipinski definition) is 1. The molecule has 4 nitrogen and oxygen atoms in total. The van der Waals surface area contributed by atoms with Gasteiger partial charge < -0.3 is 20.4 Å². The topological polar surface area (TPSA) is 77.0 Å². The fourth-order valence-electron chi connectivity index (χ4n) is 1.26. The molecule has 15 heavy (non-hydrogen) atoms. The average molecular weight is 209 g/mol. The van der Waals surface area contributed by atoms with Gasteiger partial charge in [0.25, 0.3) is 0 Å². The van der Waals surface area contributed by atoms with E-state index in [0.717, 1.165) is 11.3 Å². The van der Waals surface area contributed by atoms with Crippen molar-refractivity contribution in [3.63, 3.8) is 0 Å². The number of quaternary nitrogens is 1. The third-order valence-electron chi connectivity index (χ3n) is 2.05. The molecule has 0 amide bonds. The Balaban J connectivity index is 2.60. The summed E-state index contributed by atoms with van der Waals surface area (Å²) in [6, 6.07) is 6.61. The van der Waals surface area contributed by atoms with Gasteiger partial charge in [0.2, 0.25) is 0 Å². The van der Waals surface area contributed by atoms with E-state index < -0.39 is 12.0 Å². The number of benzene rings is 1. The fourth-order valence-corrected chi connectivity index (χ4v) is 1.26. The van der Waals surface area contributed by atoms with E-state index in [1.54, 1.807) is 0 Å². The van der Waals surface area contributed by atoms with E-state index in [1.807, 2.05) is 31.2 Å². The molecule has 3 N–H and O–H groups in total. The van der Waals surface area contributed by atoms with Gasteiger partial charge in [-0.15, -0.1) is 0 Å². The first-order chi connectivity index (χ1) is 7.13. The summed E-state index contributed by atoms with van der Waals surface area (Å²) in [4.78, 5) is 10.5. The number of aliphatic carboxylic acids is 1. The molecular formula is C11H15NO3. The average Bonchev–Trinajstić information content (AvgIpc) is 2.21. The van der Waals surface area contributed by atoms with Crippen LogP contribution in [0.4, 0.5) is 0 Å². The molecule has 0 aromatic heterocycles. The van der Waals surface area contributed by atoms with Gasteiger partial charge in [0.15, 0.2) is 0 Å². The minimum atomic E-state index is -1.12. The molecule has 0 aliphatic rings. The van der Waals surface area contributed by atoms with Crippen molar-refractivity contribution in [3.8, 4) is 5.75 Å². The third kappa shape index (κ3) is 3.59. The number of carbonyl (C=O) groups excluding carboxylic acids is 1. The molecule has 0 heterocycles. The standard InChI is InChI=1S/C11H15NO3/c1-2-15-9-5-3-8(4-6-9)7-10(12)11(13)14/h3-6,10H,2,7,12H2,1H3,(H,13,14)/t10-/m1/s1. The summed E-state index contributed by atoms with van der Waals surface area (Å²) in [5, 5.41) is 10.5. The van der Waals surface area contributed by atoms with E-state index >= 15 is 0 Å². The maximum atomic E-state index is 10.5. The van der Waals surface area contributed by atoms with Gasteiger partial charge in [-0.05, 0) is 24.6 Å². The Morgan fingerprint density at radius 3 is 2.53 bits per heavy atom. The Bertz CT molecular complexity index is 321. The van der Waals surface area contributed by atoms with Crippen molar-refractivity contribution in [1.29, 1.82) is 0 Å². The summed E-state index contributed by atoms with van der Waals surface area (Å²) in [6.45, 7) is 2.53. The summed E-state index contributed by atoms with van der Waals surface area (Å²) in [5.74, 6) is -0.334. The first-order valence-electron chi connectivity index (χ1n) is 4.89. The molecule has 1 aromatic rings. The van der Waals surface area contributed by atoms with Gasteiger partial charge in [-0.25, -0.2) is 0 Å². The highest BCUT2D eigenvalue weighted by Gasteiger charge is 2.08. The molecule has 0 bridgehead atoms. The van der Waals surface area contributed by atoms with Gasteiger partial charge in [-0.2, -0.15) is 0 Å². The molecule has 1 atom stereocenters. The number of ether oxygens (including phenoxy) is 1. The maximum absolute atomic E-state index is 10.5. The summed E-state index contributed by atoms with van der Waals surface area (Å²) < 4.78 is 5.27. The minimum absolute atomic E-state index is 0.384. The molecule has 0 radical (unpaired) electrons. The van der Waals surface area contributed by atoms with Crippen molar-refractivity contribution in [3.05, 3.63) is 29.8 Å². The minimum Gasteiger partial charge on any atom is -0.544 e. The van der Waals surface area contributed by atoms with E-state index in [4.69, 9.17) is 4.74 Å². The number of carboxylic acid groups (broad SMARTS) is 1. The Morgan fingerprint density at radius 2 is 2.07 bits per heavy atom. The molecular weight excluding hydrogens is 194 g/mol. The van der Waals surface area contributed by atoms with Gasteiger partial charge in [0.05, 0.1) is 12.6 Å². The lowest BCUT2D eigenvalue weighted by molar-refractivity contribution is -0.437. The number of rotatable bonds is 5. The molecule has 0 unspecified atom stereocenters. The second-order valence-corrected chi connectivity index (χ2v) is 3.30. The van der Waals surface area contributed by atoms with Crippen molar-refractivity contribution in [2.45, 2.75) is 19.4 Å². The van der Waals surface area contributed by atoms with Crippen molar-refractivity contribution >= 4 is 5.97 Å². The predicted octanol–water partition coefficient (Wildman–Crippen LogP) is -1.01. The van der Waals surface area contributed by atoms with Crippen LogP contribution in [0.15, 0.2) is 24.3 Å². The van der Waals surface area contributed by atoms with Gasteiger partial charge >= 0.3 is 0 Å². The van der Waals surface area contributed by atoms with Crippen LogP contribution >= 0.6 is 0 Å². The van der Waals surface area contributed by atoms with E-state index in [0.29, 0.717) is 13.0 Å². The second-order valence-electron chi connectivity index (χ2n) is 3.30. The van der Waals surface area contributed by atoms with Crippen LogP contribution in [0.3, 0.4) is 0 Å². The fraction of sp³-hybridized carbons (Fsp3) is 0.364. The zero-order valence-corrected chi connectivity index (χ0v) is 8.73. The first-order valence-corrected chi connectivity index (χ1v) is 4.89. The highest BCUT2D eigenvalue weighted by atomic mass is 16.5. The van der Waals surface area contributed by atoms with Crippen LogP contribution in [0.25, 0.3) is 0 Å². The Labute approximate surface area is 88.7 Å². The van der Waals surface area contributed by atoms with Gasteiger partial charge in [-0.1, -0.05) is 12.1 Å². The molecule has 0 spiro atoms. The molecule has 0 aliphatic carbocycles. The van der Waals surface area contributed by atoms with Crippen molar-refractivity contribution in [1.82, 2.24) is 0 Å². The third-order valence-corrected chi connectivity index (χ3v) is 2.05. The number of carboxylic acids is 1. The van der Waals surface area contributed by atoms with Crippen LogP contribution in [-0.2, 0) is 11.2 Å². The van der Waals surface area contributed by atoms with Crippen LogP contribution in [0, 0.1) is 0 Å². The largest absolute Gasteiger partial charge is 0.544 e. The molecule has 0 saturated carbocycles. The zero-order chi connectivity index (χ0) is 11.3. The summed E-state index contributed by atoms with van der Waals surface area (Å²) >= 11 is 0. The van der Waals surface area contributed by atoms with E-state index in [2.05, 4.69) is 5.73 Å². The maximum Gasteiger partial charge on any atom is 0.129 e. The first kappa shape index (κ1) is 11.5. The van der Waals surface area contributed by atoms with Gasteiger partial charge in [0, 0.05) is 6.42 Å². The van der Waals surface area contributed by atoms with Crippen LogP contribution in [0.5, 0.6) is 5.75 Å². The molecule has 1 aromatic carbocycles. The Hall–Kier alpha value is -1.55. The summed E-state index contributed by atoms with van der Waals surface area (Å²) in [6.07, 6.45) is 0.384. The van der Waals surface area contributed by atoms with Crippen LogP contribution < -0.4 is 15.6 Å². The zero-order valence-electron chi connectivity index (χ0n) is 8.73. The molecule has 82 valence electrons. The van der Waals surface area contributed by atoms with Crippen molar-refractivity contribution in [2.24, 2.45) is 0 Å². The van der Waals surface area contributed by atoms with E-state index in [9.17, 15) is 9.90 Å². The van der Waals surface area contributed by atoms with Gasteiger partial charge in [-0.3, -0.25) is 0 Å². The highest BCUT2D eigenvalue weighted by molar-refractivity contribution is 5.69. The number of hydrogen-bond acceptors (Lipinski definition) is 3. The predicted molar refractivity (Wildman–Crippen MR) is 53.0 cm³/mol. The molecule has 4 heteroatoms. The summed E-state index contributed by atoms with van der Waals surface area (Å²) in [7, 11) is 0. The van der Waals surface area contributed by atoms with Gasteiger partial charge in [0.1, 0.15) is 11.8 Å². The molecule has 1 rings (SSSR count). The van der Waals surface area contributed by atoms with E-state index in [1.165, 1.54) is 0 Å². The summed E-state index contributed by atoms with van der Waals surface area (Å²) in [5.41, 5.74) is 4.42. The Morgan fingerprint density at radius 1 is 1.47 bits per heavy atom. The quantitative estimate of drug-likeness (QED) is 0.675. The molecule has 0 aliphatic heterocycles. The Kier molecular flexibility index (Phi) is 4.12. The lowest BCUT2D eigenvalue weighted by Gasteiger charge is -2.09. The van der Waals surface area contributed by atoms with Crippen LogP contribution in [0.1, 0.15) is 12.5 Å². The van der Waals surface area contributed by atoms with E-state index in [-0.39, 0.29) is 0 Å². The van der Waals surface area contributed by atoms with Crippen molar-refractivity contribution in [2.75, 3.05) is 6.61 Å². The number of carbonyl (C=O) groups is 1. The lowest BCUT2D eigenvalue weighted by atomic mass is 10.1. The SMILES string of the molecule is CCOc1ccc(C[C@@H]([NH3+])C(=O)[O-])cc1. The van der Waals surface area contributed by atoms with Crippen LogP contribution in [-0.4, -0.2) is 18.6 Å². The lowest BCUT2D eigenvalue weighted by Crippen LogP contribution is -2.69. The normalized spacial score (nSPS) is 12.1. The highest BCUT2D eigenvalue weighted by Crippen LogP contribution is 2.12. The molecule has 0 fully saturated rings. The second kappa shape index (κ2) is 5.36. The van der Waals surface area contributed by atoms with Crippen molar-refractivity contribution < 1.29 is 20.4 Å².